The van der Waals surface area contributed by atoms with Crippen LogP contribution in [-0.4, -0.2) is 47.1 Å². The first-order valence-corrected chi connectivity index (χ1v) is 12.2. The van der Waals surface area contributed by atoms with Gasteiger partial charge in [-0.2, -0.15) is 26.3 Å². The Balaban J connectivity index is 2.12. The second kappa shape index (κ2) is 11.6. The van der Waals surface area contributed by atoms with Crippen LogP contribution in [0.15, 0.2) is 48.5 Å². The molecule has 0 aromatic heterocycles. The maximum atomic E-state index is 14.0. The number of nitrogens with zero attached hydrogens (tertiary/aromatic N) is 1. The molecule has 2 aromatic rings. The highest BCUT2D eigenvalue weighted by molar-refractivity contribution is 6.21. The van der Waals surface area contributed by atoms with Gasteiger partial charge in [0.15, 0.2) is 0 Å². The van der Waals surface area contributed by atoms with Gasteiger partial charge in [0.05, 0.1) is 16.8 Å². The van der Waals surface area contributed by atoms with Crippen molar-refractivity contribution in [3.05, 3.63) is 71.0 Å². The molecule has 0 unspecified atom stereocenters. The van der Waals surface area contributed by atoms with Gasteiger partial charge in [-0.05, 0) is 81.7 Å². The van der Waals surface area contributed by atoms with Crippen LogP contribution in [0, 0.1) is 5.82 Å². The number of aliphatic hydroxyl groups is 1. The normalized spacial score (nSPS) is 16.0. The van der Waals surface area contributed by atoms with Gasteiger partial charge < -0.3 is 15.7 Å². The van der Waals surface area contributed by atoms with Gasteiger partial charge in [0.1, 0.15) is 17.0 Å². The zero-order valence-corrected chi connectivity index (χ0v) is 21.8. The number of hydrogen-bond acceptors (Lipinski definition) is 5. The molecule has 0 atom stereocenters. The first-order valence-electron chi connectivity index (χ1n) is 12.2. The Kier molecular flexibility index (Phi) is 8.99. The van der Waals surface area contributed by atoms with Crippen LogP contribution in [0.25, 0.3) is 6.08 Å². The molecule has 0 aliphatic carbocycles. The van der Waals surface area contributed by atoms with Gasteiger partial charge in [0.25, 0.3) is 11.8 Å². The van der Waals surface area contributed by atoms with E-state index in [1.54, 1.807) is 0 Å². The molecular weight excluding hydrogens is 563 g/mol. The van der Waals surface area contributed by atoms with Crippen molar-refractivity contribution in [2.45, 2.75) is 50.2 Å². The lowest BCUT2D eigenvalue weighted by Crippen LogP contribution is -2.66. The number of rotatable bonds is 6. The Morgan fingerprint density at radius 2 is 1.44 bits per heavy atom. The number of anilines is 1. The van der Waals surface area contributed by atoms with Crippen molar-refractivity contribution >= 4 is 29.5 Å². The molecule has 3 N–H and O–H groups in total. The van der Waals surface area contributed by atoms with Gasteiger partial charge in [0.2, 0.25) is 5.91 Å². The SMILES string of the molecule is CC(C)(O)C(=O)N(C(=O)C1(NC(=O)/C=C/c2ccc(F)cc2)CCNCC1)c1cc(C(F)(F)F)cc(C(F)(F)F)c1. The molecule has 1 fully saturated rings. The lowest BCUT2D eigenvalue weighted by atomic mass is 9.85. The largest absolute Gasteiger partial charge is 0.416 e. The molecule has 14 heteroatoms. The van der Waals surface area contributed by atoms with Crippen LogP contribution in [0.2, 0.25) is 0 Å². The quantitative estimate of drug-likeness (QED) is 0.342. The highest BCUT2D eigenvalue weighted by Crippen LogP contribution is 2.39. The Labute approximate surface area is 230 Å². The van der Waals surface area contributed by atoms with Gasteiger partial charge >= 0.3 is 12.4 Å². The van der Waals surface area contributed by atoms with Crippen molar-refractivity contribution in [2.24, 2.45) is 0 Å². The van der Waals surface area contributed by atoms with Crippen LogP contribution in [-0.2, 0) is 26.7 Å². The number of carbonyl (C=O) groups excluding carboxylic acids is 3. The van der Waals surface area contributed by atoms with E-state index in [4.69, 9.17) is 0 Å². The van der Waals surface area contributed by atoms with E-state index in [9.17, 15) is 50.2 Å². The van der Waals surface area contributed by atoms with Crippen molar-refractivity contribution in [1.82, 2.24) is 10.6 Å². The second-order valence-corrected chi connectivity index (χ2v) is 9.98. The fourth-order valence-electron chi connectivity index (χ4n) is 4.15. The van der Waals surface area contributed by atoms with E-state index in [1.165, 1.54) is 18.2 Å². The molecule has 1 aliphatic rings. The summed E-state index contributed by atoms with van der Waals surface area (Å²) in [5.74, 6) is -4.24. The van der Waals surface area contributed by atoms with Crippen molar-refractivity contribution < 1.29 is 50.2 Å². The summed E-state index contributed by atoms with van der Waals surface area (Å²) in [6, 6.07) is 5.23. The van der Waals surface area contributed by atoms with E-state index in [0.29, 0.717) is 5.56 Å². The average molecular weight is 590 g/mol. The Morgan fingerprint density at radius 3 is 1.90 bits per heavy atom. The number of amides is 3. The molecule has 0 radical (unpaired) electrons. The first kappa shape index (κ1) is 31.7. The van der Waals surface area contributed by atoms with E-state index in [1.807, 2.05) is 0 Å². The number of benzene rings is 2. The standard InChI is InChI=1S/C27H26F7N3O4/c1-24(2,41)22(39)37(20-14-17(26(29,30)31)13-18(15-20)27(32,33)34)23(40)25(9-11-35-12-10-25)36-21(38)8-5-16-3-6-19(28)7-4-16/h3-8,13-15,35,41H,9-12H2,1-2H3,(H,36,38)/b8-5+. The topological polar surface area (TPSA) is 98.7 Å². The third kappa shape index (κ3) is 7.70. The fraction of sp³-hybridized carbons (Fsp3) is 0.370. The lowest BCUT2D eigenvalue weighted by Gasteiger charge is -2.41. The summed E-state index contributed by atoms with van der Waals surface area (Å²) in [5, 5.41) is 15.8. The third-order valence-electron chi connectivity index (χ3n) is 6.29. The van der Waals surface area contributed by atoms with Crippen molar-refractivity contribution in [1.29, 1.82) is 0 Å². The number of imide groups is 1. The Hall–Kier alpha value is -3.78. The summed E-state index contributed by atoms with van der Waals surface area (Å²) < 4.78 is 94.7. The van der Waals surface area contributed by atoms with Crippen LogP contribution in [0.3, 0.4) is 0 Å². The smallest absolute Gasteiger partial charge is 0.381 e. The molecule has 3 rings (SSSR count). The molecule has 1 saturated heterocycles. The monoisotopic (exact) mass is 589 g/mol. The van der Waals surface area contributed by atoms with Crippen LogP contribution in [0.5, 0.6) is 0 Å². The highest BCUT2D eigenvalue weighted by atomic mass is 19.4. The van der Waals surface area contributed by atoms with Crippen molar-refractivity contribution in [3.63, 3.8) is 0 Å². The fourth-order valence-corrected chi connectivity index (χ4v) is 4.15. The van der Waals surface area contributed by atoms with Crippen molar-refractivity contribution in [2.75, 3.05) is 18.0 Å². The number of alkyl halides is 6. The number of halogens is 7. The van der Waals surface area contributed by atoms with Gasteiger partial charge in [-0.25, -0.2) is 9.29 Å². The highest BCUT2D eigenvalue weighted by Gasteiger charge is 2.48. The minimum atomic E-state index is -5.28. The molecule has 3 amide bonds. The number of piperidine rings is 1. The Morgan fingerprint density at radius 1 is 0.927 bits per heavy atom. The van der Waals surface area contributed by atoms with Gasteiger partial charge in [-0.3, -0.25) is 14.4 Å². The molecule has 7 nitrogen and oxygen atoms in total. The van der Waals surface area contributed by atoms with Crippen molar-refractivity contribution in [3.8, 4) is 0 Å². The molecule has 0 spiro atoms. The molecular formula is C27H26F7N3O4. The molecule has 41 heavy (non-hydrogen) atoms. The van der Waals surface area contributed by atoms with Gasteiger partial charge in [-0.15, -0.1) is 0 Å². The molecule has 1 heterocycles. The summed E-state index contributed by atoms with van der Waals surface area (Å²) in [5.41, 5.74) is -8.61. The molecule has 222 valence electrons. The minimum Gasteiger partial charge on any atom is -0.381 e. The van der Waals surface area contributed by atoms with E-state index >= 15 is 0 Å². The third-order valence-corrected chi connectivity index (χ3v) is 6.29. The van der Waals surface area contributed by atoms with E-state index < -0.39 is 63.8 Å². The van der Waals surface area contributed by atoms with E-state index in [-0.39, 0.29) is 49.0 Å². The Bertz CT molecular complexity index is 1290. The number of hydrogen-bond donors (Lipinski definition) is 3. The lowest BCUT2D eigenvalue weighted by molar-refractivity contribution is -0.144. The summed E-state index contributed by atoms with van der Waals surface area (Å²) in [7, 11) is 0. The van der Waals surface area contributed by atoms with Crippen LogP contribution < -0.4 is 15.5 Å². The molecule has 0 bridgehead atoms. The summed E-state index contributed by atoms with van der Waals surface area (Å²) >= 11 is 0. The van der Waals surface area contributed by atoms with Crippen LogP contribution >= 0.6 is 0 Å². The first-order chi connectivity index (χ1) is 18.8. The van der Waals surface area contributed by atoms with E-state index in [0.717, 1.165) is 32.1 Å². The number of carbonyl (C=O) groups is 3. The molecule has 2 aromatic carbocycles. The average Bonchev–Trinajstić information content (AvgIpc) is 2.87. The summed E-state index contributed by atoms with van der Waals surface area (Å²) in [4.78, 5) is 40.2. The predicted octanol–water partition coefficient (Wildman–Crippen LogP) is 4.45. The molecule has 1 aliphatic heterocycles. The maximum absolute atomic E-state index is 14.0. The van der Waals surface area contributed by atoms with Gasteiger partial charge in [-0.1, -0.05) is 12.1 Å². The minimum absolute atomic E-state index is 0.0553. The summed E-state index contributed by atoms with van der Waals surface area (Å²) in [6.45, 7) is 2.00. The van der Waals surface area contributed by atoms with Gasteiger partial charge in [0, 0.05) is 6.08 Å². The second-order valence-electron chi connectivity index (χ2n) is 9.98. The van der Waals surface area contributed by atoms with E-state index in [2.05, 4.69) is 10.6 Å². The zero-order chi connectivity index (χ0) is 30.8. The summed E-state index contributed by atoms with van der Waals surface area (Å²) in [6.07, 6.45) is -8.66. The van der Waals surface area contributed by atoms with Crippen LogP contribution in [0.1, 0.15) is 43.4 Å². The van der Waals surface area contributed by atoms with Crippen LogP contribution in [0.4, 0.5) is 36.4 Å². The zero-order valence-electron chi connectivity index (χ0n) is 21.8. The number of nitrogens with one attached hydrogen (secondary N) is 2. The predicted molar refractivity (Wildman–Crippen MR) is 134 cm³/mol. The molecule has 0 saturated carbocycles. The maximum Gasteiger partial charge on any atom is 0.416 e.